The lowest BCUT2D eigenvalue weighted by atomic mass is 10.1. The van der Waals surface area contributed by atoms with Crippen molar-refractivity contribution in [3.8, 4) is 0 Å². The summed E-state index contributed by atoms with van der Waals surface area (Å²) < 4.78 is 38.8. The molecule has 1 unspecified atom stereocenters. The Balaban J connectivity index is 2.32. The van der Waals surface area contributed by atoms with Crippen molar-refractivity contribution < 1.29 is 17.9 Å². The van der Waals surface area contributed by atoms with E-state index in [2.05, 4.69) is 4.74 Å². The van der Waals surface area contributed by atoms with Crippen molar-refractivity contribution >= 4 is 11.6 Å². The molecular formula is C10H10ClF3O. The quantitative estimate of drug-likeness (QED) is 0.727. The molecule has 0 aliphatic heterocycles. The summed E-state index contributed by atoms with van der Waals surface area (Å²) in [4.78, 5) is 0. The summed E-state index contributed by atoms with van der Waals surface area (Å²) in [5.41, 5.74) is -0.390. The van der Waals surface area contributed by atoms with Crippen LogP contribution < -0.4 is 0 Å². The highest BCUT2D eigenvalue weighted by Crippen LogP contribution is 2.22. The maximum atomic E-state index is 11.7. The van der Waals surface area contributed by atoms with Crippen LogP contribution in [0.4, 0.5) is 13.2 Å². The molecule has 1 aromatic carbocycles. The van der Waals surface area contributed by atoms with Gasteiger partial charge in [-0.3, -0.25) is 4.74 Å². The SMILES string of the molecule is FC(F)(F)OC(Cl)CCc1ccccc1. The van der Waals surface area contributed by atoms with Gasteiger partial charge in [0.25, 0.3) is 0 Å². The molecule has 0 aromatic heterocycles. The number of rotatable bonds is 4. The highest BCUT2D eigenvalue weighted by molar-refractivity contribution is 6.19. The molecule has 0 bridgehead atoms. The van der Waals surface area contributed by atoms with Crippen molar-refractivity contribution in [1.29, 1.82) is 0 Å². The maximum Gasteiger partial charge on any atom is 0.523 e. The molecule has 1 nitrogen and oxygen atoms in total. The van der Waals surface area contributed by atoms with E-state index in [1.807, 2.05) is 30.3 Å². The van der Waals surface area contributed by atoms with Gasteiger partial charge in [0.2, 0.25) is 0 Å². The van der Waals surface area contributed by atoms with Gasteiger partial charge in [-0.25, -0.2) is 0 Å². The van der Waals surface area contributed by atoms with Gasteiger partial charge < -0.3 is 0 Å². The molecule has 0 fully saturated rings. The monoisotopic (exact) mass is 238 g/mol. The minimum absolute atomic E-state index is 0.130. The predicted octanol–water partition coefficient (Wildman–Crippen LogP) is 3.72. The Morgan fingerprint density at radius 1 is 1.20 bits per heavy atom. The normalized spacial score (nSPS) is 13.9. The molecule has 0 aliphatic carbocycles. The van der Waals surface area contributed by atoms with E-state index in [-0.39, 0.29) is 6.42 Å². The second-order valence-corrected chi connectivity index (χ2v) is 3.48. The lowest BCUT2D eigenvalue weighted by molar-refractivity contribution is -0.331. The third-order valence-corrected chi connectivity index (χ3v) is 2.07. The molecule has 0 amide bonds. The van der Waals surface area contributed by atoms with Crippen LogP contribution in [-0.4, -0.2) is 11.9 Å². The number of benzene rings is 1. The number of hydrogen-bond donors (Lipinski definition) is 0. The van der Waals surface area contributed by atoms with Gasteiger partial charge in [0.1, 0.15) is 5.56 Å². The third-order valence-electron chi connectivity index (χ3n) is 1.76. The fraction of sp³-hybridized carbons (Fsp3) is 0.400. The van der Waals surface area contributed by atoms with Gasteiger partial charge in [-0.2, -0.15) is 0 Å². The molecule has 1 atom stereocenters. The van der Waals surface area contributed by atoms with E-state index in [0.29, 0.717) is 6.42 Å². The molecule has 0 saturated heterocycles. The first-order valence-corrected chi connectivity index (χ1v) is 4.83. The summed E-state index contributed by atoms with van der Waals surface area (Å²) in [5, 5.41) is 0. The van der Waals surface area contributed by atoms with Crippen molar-refractivity contribution in [2.24, 2.45) is 0 Å². The van der Waals surface area contributed by atoms with Crippen molar-refractivity contribution in [1.82, 2.24) is 0 Å². The second-order valence-electron chi connectivity index (χ2n) is 3.00. The van der Waals surface area contributed by atoms with Gasteiger partial charge in [-0.1, -0.05) is 41.9 Å². The standard InChI is InChI=1S/C10H10ClF3O/c11-9(15-10(12,13)14)7-6-8-4-2-1-3-5-8/h1-5,9H,6-7H2. The Kier molecular flexibility index (Phi) is 4.42. The number of alkyl halides is 4. The van der Waals surface area contributed by atoms with Gasteiger partial charge in [0.15, 0.2) is 0 Å². The van der Waals surface area contributed by atoms with Gasteiger partial charge in [0, 0.05) is 0 Å². The largest absolute Gasteiger partial charge is 0.523 e. The Morgan fingerprint density at radius 3 is 2.33 bits per heavy atom. The van der Waals surface area contributed by atoms with Crippen LogP contribution in [0, 0.1) is 0 Å². The summed E-state index contributed by atoms with van der Waals surface area (Å²) >= 11 is 5.37. The Labute approximate surface area is 90.8 Å². The Bertz CT molecular complexity index is 286. The fourth-order valence-electron chi connectivity index (χ4n) is 1.13. The molecule has 0 radical (unpaired) electrons. The highest BCUT2D eigenvalue weighted by Gasteiger charge is 2.32. The molecule has 0 saturated carbocycles. The van der Waals surface area contributed by atoms with Gasteiger partial charge in [0.05, 0.1) is 0 Å². The molecular weight excluding hydrogens is 229 g/mol. The zero-order valence-corrected chi connectivity index (χ0v) is 8.55. The second kappa shape index (κ2) is 5.37. The maximum absolute atomic E-state index is 11.7. The zero-order chi connectivity index (χ0) is 11.3. The topological polar surface area (TPSA) is 9.23 Å². The van der Waals surface area contributed by atoms with E-state index < -0.39 is 11.9 Å². The van der Waals surface area contributed by atoms with E-state index in [1.54, 1.807) is 0 Å². The first-order chi connectivity index (χ1) is 6.97. The summed E-state index contributed by atoms with van der Waals surface area (Å²) in [7, 11) is 0. The molecule has 5 heteroatoms. The number of aryl methyl sites for hydroxylation is 1. The van der Waals surface area contributed by atoms with E-state index >= 15 is 0 Å². The van der Waals surface area contributed by atoms with E-state index in [9.17, 15) is 13.2 Å². The van der Waals surface area contributed by atoms with Crippen LogP contribution in [0.5, 0.6) is 0 Å². The van der Waals surface area contributed by atoms with E-state index in [0.717, 1.165) is 5.56 Å². The lowest BCUT2D eigenvalue weighted by Crippen LogP contribution is -2.20. The van der Waals surface area contributed by atoms with Crippen LogP contribution in [0.15, 0.2) is 30.3 Å². The Morgan fingerprint density at radius 2 is 1.80 bits per heavy atom. The fourth-order valence-corrected chi connectivity index (χ4v) is 1.34. The molecule has 0 spiro atoms. The average molecular weight is 239 g/mol. The summed E-state index contributed by atoms with van der Waals surface area (Å²) in [6.45, 7) is 0. The van der Waals surface area contributed by atoms with Gasteiger partial charge >= 0.3 is 6.36 Å². The highest BCUT2D eigenvalue weighted by atomic mass is 35.5. The minimum Gasteiger partial charge on any atom is -0.272 e. The first-order valence-electron chi connectivity index (χ1n) is 4.40. The predicted molar refractivity (Wildman–Crippen MR) is 51.5 cm³/mol. The van der Waals surface area contributed by atoms with Crippen LogP contribution in [-0.2, 0) is 11.2 Å². The first kappa shape index (κ1) is 12.3. The lowest BCUT2D eigenvalue weighted by Gasteiger charge is -2.12. The van der Waals surface area contributed by atoms with Crippen LogP contribution in [0.3, 0.4) is 0 Å². The summed E-state index contributed by atoms with van der Waals surface area (Å²) in [6, 6.07) is 9.15. The van der Waals surface area contributed by atoms with Crippen LogP contribution in [0.25, 0.3) is 0 Å². The smallest absolute Gasteiger partial charge is 0.272 e. The van der Waals surface area contributed by atoms with Crippen molar-refractivity contribution in [3.05, 3.63) is 35.9 Å². The van der Waals surface area contributed by atoms with Gasteiger partial charge in [-0.15, -0.1) is 13.2 Å². The number of halogens is 4. The van der Waals surface area contributed by atoms with Crippen LogP contribution in [0.2, 0.25) is 0 Å². The molecule has 1 aromatic rings. The number of ether oxygens (including phenoxy) is 1. The molecule has 0 heterocycles. The number of hydrogen-bond acceptors (Lipinski definition) is 1. The summed E-state index contributed by atoms with van der Waals surface area (Å²) in [5.74, 6) is 0. The van der Waals surface area contributed by atoms with Crippen molar-refractivity contribution in [2.45, 2.75) is 24.8 Å². The molecule has 15 heavy (non-hydrogen) atoms. The zero-order valence-electron chi connectivity index (χ0n) is 7.80. The molecule has 1 rings (SSSR count). The van der Waals surface area contributed by atoms with Crippen molar-refractivity contribution in [2.75, 3.05) is 0 Å². The van der Waals surface area contributed by atoms with Crippen LogP contribution in [0.1, 0.15) is 12.0 Å². The average Bonchev–Trinajstić information content (AvgIpc) is 2.14. The molecule has 0 aliphatic rings. The van der Waals surface area contributed by atoms with E-state index in [1.165, 1.54) is 0 Å². The van der Waals surface area contributed by atoms with E-state index in [4.69, 9.17) is 11.6 Å². The van der Waals surface area contributed by atoms with Gasteiger partial charge in [-0.05, 0) is 18.4 Å². The minimum atomic E-state index is -4.66. The third kappa shape index (κ3) is 5.64. The molecule has 84 valence electrons. The van der Waals surface area contributed by atoms with Crippen molar-refractivity contribution in [3.63, 3.8) is 0 Å². The molecule has 0 N–H and O–H groups in total. The summed E-state index contributed by atoms with van der Waals surface area (Å²) in [6.07, 6.45) is -4.07. The Hall–Kier alpha value is -0.740. The van der Waals surface area contributed by atoms with Crippen LogP contribution >= 0.6 is 11.6 Å².